The maximum absolute atomic E-state index is 5.34. The highest BCUT2D eigenvalue weighted by atomic mass is 16.5. The molecule has 126 valence electrons. The Morgan fingerprint density at radius 1 is 1.17 bits per heavy atom. The zero-order valence-electron chi connectivity index (χ0n) is 14.3. The minimum absolute atomic E-state index is 0.764. The van der Waals surface area contributed by atoms with Gasteiger partial charge in [-0.3, -0.25) is 14.8 Å². The van der Waals surface area contributed by atoms with Crippen molar-refractivity contribution in [2.45, 2.75) is 44.7 Å². The van der Waals surface area contributed by atoms with Crippen LogP contribution in [0.4, 0.5) is 0 Å². The molecule has 1 aliphatic carbocycles. The molecular formula is C19H29N3O. The maximum Gasteiger partial charge on any atom is 0.122 e. The van der Waals surface area contributed by atoms with Crippen LogP contribution in [-0.2, 0) is 6.54 Å². The van der Waals surface area contributed by atoms with Crippen LogP contribution in [0.15, 0.2) is 18.3 Å². The summed E-state index contributed by atoms with van der Waals surface area (Å²) in [5, 5.41) is 0. The first-order valence-electron chi connectivity index (χ1n) is 9.25. The van der Waals surface area contributed by atoms with Crippen molar-refractivity contribution >= 4 is 0 Å². The van der Waals surface area contributed by atoms with Gasteiger partial charge >= 0.3 is 0 Å². The van der Waals surface area contributed by atoms with Gasteiger partial charge < -0.3 is 4.74 Å². The lowest BCUT2D eigenvalue weighted by Crippen LogP contribution is -2.46. The summed E-state index contributed by atoms with van der Waals surface area (Å²) in [4.78, 5) is 9.98. The van der Waals surface area contributed by atoms with Gasteiger partial charge in [0.25, 0.3) is 0 Å². The summed E-state index contributed by atoms with van der Waals surface area (Å²) in [6.45, 7) is 6.08. The van der Waals surface area contributed by atoms with Crippen LogP contribution in [0, 0.1) is 11.8 Å². The largest absolute Gasteiger partial charge is 0.497 e. The number of nitrogens with zero attached hydrogens (tertiary/aromatic N) is 3. The van der Waals surface area contributed by atoms with E-state index in [9.17, 15) is 0 Å². The summed E-state index contributed by atoms with van der Waals surface area (Å²) >= 11 is 0. The van der Waals surface area contributed by atoms with Gasteiger partial charge in [-0.2, -0.15) is 0 Å². The summed E-state index contributed by atoms with van der Waals surface area (Å²) in [6, 6.07) is 4.77. The summed E-state index contributed by atoms with van der Waals surface area (Å²) in [6.07, 6.45) is 9.05. The molecule has 3 saturated heterocycles. The maximum atomic E-state index is 5.34. The molecule has 2 atom stereocenters. The van der Waals surface area contributed by atoms with Crippen LogP contribution >= 0.6 is 0 Å². The van der Waals surface area contributed by atoms with Crippen molar-refractivity contribution in [2.24, 2.45) is 11.8 Å². The van der Waals surface area contributed by atoms with Crippen molar-refractivity contribution in [3.05, 3.63) is 24.0 Å². The number of methoxy groups -OCH3 is 1. The topological polar surface area (TPSA) is 28.6 Å². The summed E-state index contributed by atoms with van der Waals surface area (Å²) in [5.74, 6) is 2.75. The third-order valence-corrected chi connectivity index (χ3v) is 6.03. The highest BCUT2D eigenvalue weighted by molar-refractivity contribution is 5.22. The highest BCUT2D eigenvalue weighted by Gasteiger charge is 2.36. The first kappa shape index (κ1) is 15.4. The standard InChI is InChI=1S/C19H29N3O/c1-23-19-7-8-20-17(9-19)13-21-10-16-5-6-18(14-21)22(12-16)11-15-3-2-4-15/h7-9,15-16,18H,2-6,10-14H2,1H3/t16-,18+/m1/s1. The highest BCUT2D eigenvalue weighted by Crippen LogP contribution is 2.33. The fourth-order valence-electron chi connectivity index (χ4n) is 4.53. The zero-order valence-corrected chi connectivity index (χ0v) is 14.3. The van der Waals surface area contributed by atoms with Crippen LogP contribution < -0.4 is 4.74 Å². The molecule has 2 bridgehead atoms. The van der Waals surface area contributed by atoms with Gasteiger partial charge in [-0.05, 0) is 43.6 Å². The number of ether oxygens (including phenoxy) is 1. The van der Waals surface area contributed by atoms with Crippen molar-refractivity contribution in [1.29, 1.82) is 0 Å². The van der Waals surface area contributed by atoms with Crippen LogP contribution in [0.1, 0.15) is 37.8 Å². The Kier molecular flexibility index (Phi) is 4.54. The first-order chi connectivity index (χ1) is 11.3. The Bertz CT molecular complexity index is 531. The molecule has 4 fully saturated rings. The quantitative estimate of drug-likeness (QED) is 0.835. The van der Waals surface area contributed by atoms with Gasteiger partial charge in [0.1, 0.15) is 5.75 Å². The number of aromatic nitrogens is 1. The minimum Gasteiger partial charge on any atom is -0.497 e. The number of fused-ring (bicyclic) bond motifs is 4. The smallest absolute Gasteiger partial charge is 0.122 e. The van der Waals surface area contributed by atoms with E-state index in [1.807, 2.05) is 12.3 Å². The summed E-state index contributed by atoms with van der Waals surface area (Å²) in [7, 11) is 1.73. The minimum atomic E-state index is 0.764. The van der Waals surface area contributed by atoms with Gasteiger partial charge in [0.15, 0.2) is 0 Å². The van der Waals surface area contributed by atoms with Crippen molar-refractivity contribution in [3.8, 4) is 5.75 Å². The molecule has 4 heterocycles. The molecule has 0 amide bonds. The molecule has 0 radical (unpaired) electrons. The van der Waals surface area contributed by atoms with Gasteiger partial charge in [-0.1, -0.05) is 6.42 Å². The number of piperidine rings is 1. The number of hydrogen-bond donors (Lipinski definition) is 0. The van der Waals surface area contributed by atoms with E-state index < -0.39 is 0 Å². The zero-order chi connectivity index (χ0) is 15.6. The average Bonchev–Trinajstić information content (AvgIpc) is 2.81. The van der Waals surface area contributed by atoms with Crippen LogP contribution in [0.2, 0.25) is 0 Å². The lowest BCUT2D eigenvalue weighted by molar-refractivity contribution is 0.0890. The van der Waals surface area contributed by atoms with E-state index >= 15 is 0 Å². The molecule has 1 aromatic rings. The fraction of sp³-hybridized carbons (Fsp3) is 0.737. The van der Waals surface area contributed by atoms with E-state index in [0.29, 0.717) is 0 Å². The van der Waals surface area contributed by atoms with E-state index in [4.69, 9.17) is 4.74 Å². The van der Waals surface area contributed by atoms with Crippen molar-refractivity contribution in [3.63, 3.8) is 0 Å². The fourth-order valence-corrected chi connectivity index (χ4v) is 4.53. The predicted octanol–water partition coefficient (Wildman–Crippen LogP) is 2.79. The van der Waals surface area contributed by atoms with E-state index in [1.54, 1.807) is 7.11 Å². The normalized spacial score (nSPS) is 29.3. The number of rotatable bonds is 5. The van der Waals surface area contributed by atoms with E-state index in [0.717, 1.165) is 35.9 Å². The Labute approximate surface area is 139 Å². The van der Waals surface area contributed by atoms with Crippen molar-refractivity contribution in [1.82, 2.24) is 14.8 Å². The Hall–Kier alpha value is -1.13. The van der Waals surface area contributed by atoms with Crippen LogP contribution in [-0.4, -0.2) is 54.1 Å². The lowest BCUT2D eigenvalue weighted by atomic mass is 9.83. The van der Waals surface area contributed by atoms with E-state index in [-0.39, 0.29) is 0 Å². The van der Waals surface area contributed by atoms with Gasteiger partial charge in [0.2, 0.25) is 0 Å². The van der Waals surface area contributed by atoms with Gasteiger partial charge in [-0.15, -0.1) is 0 Å². The SMILES string of the molecule is COc1ccnc(CN2C[C@H]3CC[C@@H](C2)N(CC2CCC2)C3)c1. The third-order valence-electron chi connectivity index (χ3n) is 6.03. The molecule has 0 N–H and O–H groups in total. The Morgan fingerprint density at radius 3 is 2.87 bits per heavy atom. The second-order valence-electron chi connectivity index (χ2n) is 7.73. The van der Waals surface area contributed by atoms with Gasteiger partial charge in [-0.25, -0.2) is 0 Å². The molecule has 0 aromatic carbocycles. The van der Waals surface area contributed by atoms with Crippen LogP contribution in [0.3, 0.4) is 0 Å². The molecule has 0 unspecified atom stereocenters. The Balaban J connectivity index is 1.40. The molecule has 4 nitrogen and oxygen atoms in total. The molecule has 23 heavy (non-hydrogen) atoms. The van der Waals surface area contributed by atoms with Gasteiger partial charge in [0, 0.05) is 51.0 Å². The van der Waals surface area contributed by atoms with Crippen molar-refractivity contribution in [2.75, 3.05) is 33.3 Å². The lowest BCUT2D eigenvalue weighted by Gasteiger charge is -2.40. The second kappa shape index (κ2) is 6.78. The molecule has 3 aliphatic heterocycles. The number of pyridine rings is 1. The molecular weight excluding hydrogens is 286 g/mol. The van der Waals surface area contributed by atoms with E-state index in [1.165, 1.54) is 58.3 Å². The Morgan fingerprint density at radius 2 is 2.09 bits per heavy atom. The second-order valence-corrected chi connectivity index (χ2v) is 7.73. The predicted molar refractivity (Wildman–Crippen MR) is 91.5 cm³/mol. The summed E-state index contributed by atoms with van der Waals surface area (Å²) < 4.78 is 5.34. The molecule has 4 heteroatoms. The van der Waals surface area contributed by atoms with Crippen LogP contribution in [0.25, 0.3) is 0 Å². The van der Waals surface area contributed by atoms with Crippen molar-refractivity contribution < 1.29 is 4.74 Å². The van der Waals surface area contributed by atoms with E-state index in [2.05, 4.69) is 20.9 Å². The molecule has 4 aliphatic rings. The third kappa shape index (κ3) is 3.53. The van der Waals surface area contributed by atoms with Gasteiger partial charge in [0.05, 0.1) is 12.8 Å². The first-order valence-corrected chi connectivity index (χ1v) is 9.25. The molecule has 0 spiro atoms. The summed E-state index contributed by atoms with van der Waals surface area (Å²) in [5.41, 5.74) is 1.14. The monoisotopic (exact) mass is 315 g/mol. The molecule has 1 aromatic heterocycles. The molecule has 5 rings (SSSR count). The molecule has 1 saturated carbocycles. The number of hydrogen-bond acceptors (Lipinski definition) is 4. The average molecular weight is 315 g/mol. The van der Waals surface area contributed by atoms with Crippen LogP contribution in [0.5, 0.6) is 5.75 Å².